The molecule has 0 aliphatic heterocycles. The molecule has 2 fully saturated rings. The zero-order chi connectivity index (χ0) is 16.4. The molecule has 23 heavy (non-hydrogen) atoms. The summed E-state index contributed by atoms with van der Waals surface area (Å²) in [4.78, 5) is 24.4. The van der Waals surface area contributed by atoms with Gasteiger partial charge in [0, 0.05) is 22.8 Å². The highest BCUT2D eigenvalue weighted by Gasteiger charge is 2.37. The molecule has 0 bridgehead atoms. The average Bonchev–Trinajstić information content (AvgIpc) is 3.31. The molecule has 3 rings (SSSR count). The fourth-order valence-corrected chi connectivity index (χ4v) is 3.28. The van der Waals surface area contributed by atoms with Crippen molar-refractivity contribution in [1.82, 2.24) is 0 Å². The van der Waals surface area contributed by atoms with Crippen LogP contribution >= 0.6 is 0 Å². The van der Waals surface area contributed by atoms with Gasteiger partial charge in [0.2, 0.25) is 11.8 Å². The minimum atomic E-state index is -0.444. The molecule has 0 heterocycles. The van der Waals surface area contributed by atoms with Crippen LogP contribution in [0.5, 0.6) is 0 Å². The van der Waals surface area contributed by atoms with Gasteiger partial charge in [-0.05, 0) is 50.8 Å². The molecule has 4 N–H and O–H groups in total. The number of anilines is 2. The van der Waals surface area contributed by atoms with Gasteiger partial charge in [-0.3, -0.25) is 9.59 Å². The lowest BCUT2D eigenvalue weighted by molar-refractivity contribution is -0.122. The van der Waals surface area contributed by atoms with E-state index in [0.717, 1.165) is 44.2 Å². The second-order valence-corrected chi connectivity index (χ2v) is 7.14. The Morgan fingerprint density at radius 1 is 1.09 bits per heavy atom. The summed E-state index contributed by atoms with van der Waals surface area (Å²) in [5.41, 5.74) is 7.27. The first kappa shape index (κ1) is 16.0. The van der Waals surface area contributed by atoms with Gasteiger partial charge in [0.05, 0.1) is 5.92 Å². The Balaban J connectivity index is 1.65. The maximum Gasteiger partial charge on any atom is 0.229 e. The summed E-state index contributed by atoms with van der Waals surface area (Å²) in [5, 5.41) is 5.85. The summed E-state index contributed by atoms with van der Waals surface area (Å²) in [6, 6.07) is 7.31. The van der Waals surface area contributed by atoms with E-state index in [2.05, 4.69) is 10.6 Å². The highest BCUT2D eigenvalue weighted by Crippen LogP contribution is 2.33. The van der Waals surface area contributed by atoms with Crippen molar-refractivity contribution in [2.75, 3.05) is 10.6 Å². The Morgan fingerprint density at radius 2 is 1.74 bits per heavy atom. The van der Waals surface area contributed by atoms with Crippen molar-refractivity contribution in [3.8, 4) is 0 Å². The summed E-state index contributed by atoms with van der Waals surface area (Å²) in [6.45, 7) is 1.96. The van der Waals surface area contributed by atoms with Crippen LogP contribution in [0.15, 0.2) is 24.3 Å². The molecule has 2 saturated carbocycles. The number of rotatable bonds is 4. The van der Waals surface area contributed by atoms with Crippen LogP contribution in [-0.2, 0) is 9.59 Å². The molecular formula is C18H25N3O2. The van der Waals surface area contributed by atoms with E-state index in [9.17, 15) is 9.59 Å². The van der Waals surface area contributed by atoms with E-state index >= 15 is 0 Å². The molecular weight excluding hydrogens is 290 g/mol. The van der Waals surface area contributed by atoms with Crippen LogP contribution in [0.25, 0.3) is 0 Å². The number of nitrogens with one attached hydrogen (secondary N) is 2. The third-order valence-corrected chi connectivity index (χ3v) is 4.92. The topological polar surface area (TPSA) is 84.2 Å². The quantitative estimate of drug-likeness (QED) is 0.798. The summed E-state index contributed by atoms with van der Waals surface area (Å²) in [5.74, 6) is 0.0325. The number of nitrogens with two attached hydrogens (primary N) is 1. The molecule has 0 radical (unpaired) electrons. The molecule has 5 nitrogen and oxygen atoms in total. The highest BCUT2D eigenvalue weighted by atomic mass is 16.2. The van der Waals surface area contributed by atoms with Crippen LogP contribution in [0, 0.1) is 11.8 Å². The summed E-state index contributed by atoms with van der Waals surface area (Å²) in [7, 11) is 0. The van der Waals surface area contributed by atoms with E-state index < -0.39 is 5.54 Å². The first-order chi connectivity index (χ1) is 11.0. The molecule has 0 spiro atoms. The second kappa shape index (κ2) is 6.32. The molecule has 0 aromatic heterocycles. The van der Waals surface area contributed by atoms with Gasteiger partial charge < -0.3 is 16.4 Å². The van der Waals surface area contributed by atoms with Crippen molar-refractivity contribution >= 4 is 23.2 Å². The molecule has 0 saturated heterocycles. The van der Waals surface area contributed by atoms with E-state index in [0.29, 0.717) is 5.69 Å². The third kappa shape index (κ3) is 3.91. The van der Waals surface area contributed by atoms with Crippen molar-refractivity contribution < 1.29 is 9.59 Å². The Bertz CT molecular complexity index is 608. The number of carbonyl (C=O) groups excluding carboxylic acids is 2. The maximum absolute atomic E-state index is 12.6. The number of amides is 2. The van der Waals surface area contributed by atoms with Gasteiger partial charge in [-0.1, -0.05) is 18.9 Å². The van der Waals surface area contributed by atoms with Crippen LogP contribution < -0.4 is 16.4 Å². The number of hydrogen-bond acceptors (Lipinski definition) is 3. The maximum atomic E-state index is 12.6. The van der Waals surface area contributed by atoms with Crippen molar-refractivity contribution in [3.05, 3.63) is 24.3 Å². The number of carbonyl (C=O) groups is 2. The predicted molar refractivity (Wildman–Crippen MR) is 91.0 cm³/mol. The minimum absolute atomic E-state index is 0.0274. The fraction of sp³-hybridized carbons (Fsp3) is 0.556. The van der Waals surface area contributed by atoms with E-state index in [1.54, 1.807) is 6.07 Å². The summed E-state index contributed by atoms with van der Waals surface area (Å²) in [6.07, 6.45) is 5.78. The van der Waals surface area contributed by atoms with Gasteiger partial charge in [0.15, 0.2) is 0 Å². The zero-order valence-electron chi connectivity index (χ0n) is 13.6. The lowest BCUT2D eigenvalue weighted by atomic mass is 9.74. The zero-order valence-corrected chi connectivity index (χ0v) is 13.6. The molecule has 1 aromatic rings. The fourth-order valence-electron chi connectivity index (χ4n) is 3.28. The molecule has 2 aliphatic rings. The normalized spacial score (nSPS) is 27.3. The van der Waals surface area contributed by atoms with Crippen LogP contribution in [-0.4, -0.2) is 17.4 Å². The number of benzene rings is 1. The summed E-state index contributed by atoms with van der Waals surface area (Å²) >= 11 is 0. The Labute approximate surface area is 137 Å². The van der Waals surface area contributed by atoms with Crippen LogP contribution in [0.4, 0.5) is 11.4 Å². The second-order valence-electron chi connectivity index (χ2n) is 7.14. The van der Waals surface area contributed by atoms with Crippen LogP contribution in [0.3, 0.4) is 0 Å². The van der Waals surface area contributed by atoms with Crippen molar-refractivity contribution in [2.45, 2.75) is 51.0 Å². The van der Waals surface area contributed by atoms with E-state index in [1.807, 2.05) is 25.1 Å². The van der Waals surface area contributed by atoms with Crippen molar-refractivity contribution in [1.29, 1.82) is 0 Å². The average molecular weight is 315 g/mol. The summed E-state index contributed by atoms with van der Waals surface area (Å²) < 4.78 is 0. The van der Waals surface area contributed by atoms with Crippen LogP contribution in [0.2, 0.25) is 0 Å². The van der Waals surface area contributed by atoms with Crippen molar-refractivity contribution in [3.63, 3.8) is 0 Å². The molecule has 5 heteroatoms. The molecule has 2 amide bonds. The largest absolute Gasteiger partial charge is 0.326 e. The molecule has 124 valence electrons. The standard InChI is InChI=1S/C18H25N3O2/c1-18(19)10-3-2-7-15(18)17(23)21-14-6-4-5-13(11-14)20-16(22)12-8-9-12/h4-6,11-12,15H,2-3,7-10,19H2,1H3,(H,20,22)(H,21,23). The Kier molecular flexibility index (Phi) is 4.39. The van der Waals surface area contributed by atoms with Crippen LogP contribution in [0.1, 0.15) is 45.4 Å². The Hall–Kier alpha value is -1.88. The van der Waals surface area contributed by atoms with Crippen molar-refractivity contribution in [2.24, 2.45) is 17.6 Å². The monoisotopic (exact) mass is 315 g/mol. The molecule has 2 aliphatic carbocycles. The van der Waals surface area contributed by atoms with Gasteiger partial charge in [0.1, 0.15) is 0 Å². The van der Waals surface area contributed by atoms with Gasteiger partial charge in [-0.2, -0.15) is 0 Å². The highest BCUT2D eigenvalue weighted by molar-refractivity contribution is 5.96. The SMILES string of the molecule is CC1(N)CCCCC1C(=O)Nc1cccc(NC(=O)C2CC2)c1. The van der Waals surface area contributed by atoms with Gasteiger partial charge in [0.25, 0.3) is 0 Å². The van der Waals surface area contributed by atoms with Gasteiger partial charge in [-0.15, -0.1) is 0 Å². The van der Waals surface area contributed by atoms with Gasteiger partial charge >= 0.3 is 0 Å². The lowest BCUT2D eigenvalue weighted by Crippen LogP contribution is -2.51. The van der Waals surface area contributed by atoms with E-state index in [-0.39, 0.29) is 23.7 Å². The smallest absolute Gasteiger partial charge is 0.229 e. The number of hydrogen-bond donors (Lipinski definition) is 3. The van der Waals surface area contributed by atoms with Gasteiger partial charge in [-0.25, -0.2) is 0 Å². The third-order valence-electron chi connectivity index (χ3n) is 4.92. The molecule has 2 unspecified atom stereocenters. The Morgan fingerprint density at radius 3 is 2.35 bits per heavy atom. The first-order valence-electron chi connectivity index (χ1n) is 8.46. The lowest BCUT2D eigenvalue weighted by Gasteiger charge is -2.37. The molecule has 2 atom stereocenters. The van der Waals surface area contributed by atoms with E-state index in [1.165, 1.54) is 0 Å². The first-order valence-corrected chi connectivity index (χ1v) is 8.46. The minimum Gasteiger partial charge on any atom is -0.326 e. The molecule has 1 aromatic carbocycles. The predicted octanol–water partition coefficient (Wildman–Crippen LogP) is 2.88. The van der Waals surface area contributed by atoms with E-state index in [4.69, 9.17) is 5.73 Å².